The maximum absolute atomic E-state index is 4.52. The SMILES string of the molecule is C[C@H](NCc1cnc(-c2ccccc2)s1)[C@@H](C)n1cccn1. The molecule has 114 valence electrons. The molecule has 0 bridgehead atoms. The Morgan fingerprint density at radius 1 is 1.18 bits per heavy atom. The Hall–Kier alpha value is -1.98. The molecule has 0 saturated carbocycles. The van der Waals surface area contributed by atoms with E-state index in [1.165, 1.54) is 10.4 Å². The quantitative estimate of drug-likeness (QED) is 0.754. The minimum absolute atomic E-state index is 0.316. The van der Waals surface area contributed by atoms with E-state index in [9.17, 15) is 0 Å². The molecule has 0 amide bonds. The molecule has 0 aliphatic heterocycles. The first-order valence-electron chi connectivity index (χ1n) is 7.46. The lowest BCUT2D eigenvalue weighted by Crippen LogP contribution is -2.33. The van der Waals surface area contributed by atoms with Crippen LogP contribution in [0.15, 0.2) is 55.0 Å². The Kier molecular flexibility index (Phi) is 4.65. The number of hydrogen-bond donors (Lipinski definition) is 1. The first-order valence-corrected chi connectivity index (χ1v) is 8.28. The summed E-state index contributed by atoms with van der Waals surface area (Å²) < 4.78 is 1.99. The molecule has 1 aromatic carbocycles. The summed E-state index contributed by atoms with van der Waals surface area (Å²) in [5.74, 6) is 0. The van der Waals surface area contributed by atoms with Gasteiger partial charge in [-0.25, -0.2) is 4.98 Å². The molecule has 0 radical (unpaired) electrons. The standard InChI is InChI=1S/C17H20N4S/c1-13(14(2)21-10-6-9-20-21)18-11-16-12-19-17(22-16)15-7-4-3-5-8-15/h3-10,12-14,18H,11H2,1-2H3/t13-,14+/m0/s1. The van der Waals surface area contributed by atoms with Gasteiger partial charge >= 0.3 is 0 Å². The van der Waals surface area contributed by atoms with Crippen LogP contribution in [0, 0.1) is 0 Å². The maximum atomic E-state index is 4.52. The summed E-state index contributed by atoms with van der Waals surface area (Å²) in [4.78, 5) is 5.77. The van der Waals surface area contributed by atoms with Crippen molar-refractivity contribution in [2.75, 3.05) is 0 Å². The summed E-state index contributed by atoms with van der Waals surface area (Å²) in [5, 5.41) is 8.94. The Morgan fingerprint density at radius 2 is 2.00 bits per heavy atom. The average molecular weight is 312 g/mol. The summed E-state index contributed by atoms with van der Waals surface area (Å²) in [7, 11) is 0. The predicted octanol–water partition coefficient (Wildman–Crippen LogP) is 3.75. The zero-order valence-corrected chi connectivity index (χ0v) is 13.6. The van der Waals surface area contributed by atoms with Gasteiger partial charge in [0, 0.05) is 41.6 Å². The minimum atomic E-state index is 0.316. The third-order valence-electron chi connectivity index (χ3n) is 3.84. The number of benzene rings is 1. The summed E-state index contributed by atoms with van der Waals surface area (Å²) in [5.41, 5.74) is 1.18. The highest BCUT2D eigenvalue weighted by Crippen LogP contribution is 2.24. The molecular weight excluding hydrogens is 292 g/mol. The molecule has 0 saturated heterocycles. The van der Waals surface area contributed by atoms with Gasteiger partial charge in [0.25, 0.3) is 0 Å². The second kappa shape index (κ2) is 6.85. The van der Waals surface area contributed by atoms with Crippen molar-refractivity contribution in [2.45, 2.75) is 32.5 Å². The van der Waals surface area contributed by atoms with Gasteiger partial charge in [-0.3, -0.25) is 4.68 Å². The summed E-state index contributed by atoms with van der Waals surface area (Å²) in [6.45, 7) is 5.19. The number of nitrogens with zero attached hydrogens (tertiary/aromatic N) is 3. The van der Waals surface area contributed by atoms with Crippen LogP contribution in [0.3, 0.4) is 0 Å². The second-order valence-corrected chi connectivity index (χ2v) is 6.51. The van der Waals surface area contributed by atoms with Crippen molar-refractivity contribution in [1.82, 2.24) is 20.1 Å². The van der Waals surface area contributed by atoms with E-state index >= 15 is 0 Å². The summed E-state index contributed by atoms with van der Waals surface area (Å²) in [6.07, 6.45) is 5.78. The van der Waals surface area contributed by atoms with E-state index < -0.39 is 0 Å². The molecule has 0 unspecified atom stereocenters. The number of aromatic nitrogens is 3. The van der Waals surface area contributed by atoms with Gasteiger partial charge in [-0.15, -0.1) is 11.3 Å². The largest absolute Gasteiger partial charge is 0.307 e. The van der Waals surface area contributed by atoms with E-state index in [-0.39, 0.29) is 0 Å². The highest BCUT2D eigenvalue weighted by molar-refractivity contribution is 7.15. The van der Waals surface area contributed by atoms with Crippen LogP contribution in [0.25, 0.3) is 10.6 Å². The van der Waals surface area contributed by atoms with Gasteiger partial charge in [-0.05, 0) is 19.9 Å². The van der Waals surface area contributed by atoms with Gasteiger partial charge in [-0.1, -0.05) is 30.3 Å². The lowest BCUT2D eigenvalue weighted by atomic mass is 10.2. The van der Waals surface area contributed by atoms with Crippen molar-refractivity contribution in [2.24, 2.45) is 0 Å². The fraction of sp³-hybridized carbons (Fsp3) is 0.294. The zero-order chi connectivity index (χ0) is 15.4. The lowest BCUT2D eigenvalue weighted by molar-refractivity contribution is 0.366. The van der Waals surface area contributed by atoms with Crippen molar-refractivity contribution in [1.29, 1.82) is 0 Å². The molecule has 0 aliphatic rings. The normalized spacial score (nSPS) is 13.9. The Morgan fingerprint density at radius 3 is 2.73 bits per heavy atom. The monoisotopic (exact) mass is 312 g/mol. The smallest absolute Gasteiger partial charge is 0.123 e. The molecule has 0 spiro atoms. The van der Waals surface area contributed by atoms with Crippen LogP contribution in [0.1, 0.15) is 24.8 Å². The second-order valence-electron chi connectivity index (χ2n) is 5.39. The maximum Gasteiger partial charge on any atom is 0.123 e. The molecule has 4 nitrogen and oxygen atoms in total. The number of hydrogen-bond acceptors (Lipinski definition) is 4. The molecule has 0 fully saturated rings. The van der Waals surface area contributed by atoms with Crippen LogP contribution in [0.4, 0.5) is 0 Å². The fourth-order valence-corrected chi connectivity index (χ4v) is 3.15. The molecule has 2 atom stereocenters. The number of thiazole rings is 1. The van der Waals surface area contributed by atoms with Gasteiger partial charge in [0.15, 0.2) is 0 Å². The van der Waals surface area contributed by atoms with Crippen LogP contribution in [0.5, 0.6) is 0 Å². The van der Waals surface area contributed by atoms with E-state index in [0.717, 1.165) is 11.6 Å². The molecule has 2 heterocycles. The Balaban J connectivity index is 1.59. The molecule has 3 rings (SSSR count). The van der Waals surface area contributed by atoms with Crippen molar-refractivity contribution < 1.29 is 0 Å². The third kappa shape index (κ3) is 3.43. The minimum Gasteiger partial charge on any atom is -0.307 e. The van der Waals surface area contributed by atoms with Gasteiger partial charge in [0.05, 0.1) is 6.04 Å². The first-order chi connectivity index (χ1) is 10.7. The van der Waals surface area contributed by atoms with Crippen LogP contribution in [-0.4, -0.2) is 20.8 Å². The molecule has 3 aromatic rings. The van der Waals surface area contributed by atoms with Gasteiger partial charge in [-0.2, -0.15) is 5.10 Å². The third-order valence-corrected chi connectivity index (χ3v) is 4.88. The van der Waals surface area contributed by atoms with Crippen LogP contribution in [-0.2, 0) is 6.54 Å². The predicted molar refractivity (Wildman–Crippen MR) is 90.8 cm³/mol. The van der Waals surface area contributed by atoms with E-state index in [1.807, 2.05) is 47.5 Å². The summed E-state index contributed by atoms with van der Waals surface area (Å²) in [6, 6.07) is 12.9. The lowest BCUT2D eigenvalue weighted by Gasteiger charge is -2.21. The molecule has 22 heavy (non-hydrogen) atoms. The topological polar surface area (TPSA) is 42.7 Å². The molecule has 1 N–H and O–H groups in total. The molecular formula is C17H20N4S. The molecule has 0 aliphatic carbocycles. The van der Waals surface area contributed by atoms with Crippen molar-refractivity contribution in [3.05, 3.63) is 59.9 Å². The Labute approximate surface area is 134 Å². The number of nitrogens with one attached hydrogen (secondary N) is 1. The highest BCUT2D eigenvalue weighted by Gasteiger charge is 2.14. The first kappa shape index (κ1) is 14.9. The summed E-state index contributed by atoms with van der Waals surface area (Å²) >= 11 is 1.74. The van der Waals surface area contributed by atoms with E-state index in [0.29, 0.717) is 12.1 Å². The van der Waals surface area contributed by atoms with E-state index in [4.69, 9.17) is 0 Å². The average Bonchev–Trinajstić information content (AvgIpc) is 3.24. The van der Waals surface area contributed by atoms with Crippen LogP contribution < -0.4 is 5.32 Å². The molecule has 2 aromatic heterocycles. The van der Waals surface area contributed by atoms with Crippen LogP contribution in [0.2, 0.25) is 0 Å². The zero-order valence-electron chi connectivity index (χ0n) is 12.8. The van der Waals surface area contributed by atoms with Crippen molar-refractivity contribution >= 4 is 11.3 Å². The molecule has 5 heteroatoms. The van der Waals surface area contributed by atoms with Crippen molar-refractivity contribution in [3.8, 4) is 10.6 Å². The van der Waals surface area contributed by atoms with E-state index in [1.54, 1.807) is 11.3 Å². The van der Waals surface area contributed by atoms with Gasteiger partial charge in [0.2, 0.25) is 0 Å². The van der Waals surface area contributed by atoms with Crippen LogP contribution >= 0.6 is 11.3 Å². The fourth-order valence-electron chi connectivity index (χ4n) is 2.29. The number of rotatable bonds is 6. The van der Waals surface area contributed by atoms with E-state index in [2.05, 4.69) is 41.4 Å². The van der Waals surface area contributed by atoms with Gasteiger partial charge < -0.3 is 5.32 Å². The Bertz CT molecular complexity index is 691. The highest BCUT2D eigenvalue weighted by atomic mass is 32.1. The van der Waals surface area contributed by atoms with Gasteiger partial charge in [0.1, 0.15) is 5.01 Å². The van der Waals surface area contributed by atoms with Crippen molar-refractivity contribution in [3.63, 3.8) is 0 Å².